The number of nitrogens with zero attached hydrogens (tertiary/aromatic N) is 2. The molecule has 196 valence electrons. The molecule has 0 saturated carbocycles. The lowest BCUT2D eigenvalue weighted by Gasteiger charge is -2.17. The van der Waals surface area contributed by atoms with E-state index in [4.69, 9.17) is 21.7 Å². The molecule has 7 nitrogen and oxygen atoms in total. The van der Waals surface area contributed by atoms with Gasteiger partial charge in [-0.2, -0.15) is 0 Å². The Labute approximate surface area is 232 Å². The molecule has 38 heavy (non-hydrogen) atoms. The lowest BCUT2D eigenvalue weighted by Crippen LogP contribution is -2.27. The van der Waals surface area contributed by atoms with E-state index in [1.807, 2.05) is 87.4 Å². The lowest BCUT2D eigenvalue weighted by molar-refractivity contribution is -0.118. The molecule has 0 aromatic heterocycles. The number of rotatable bonds is 9. The minimum absolute atomic E-state index is 0.168. The van der Waals surface area contributed by atoms with Crippen LogP contribution in [0.2, 0.25) is 0 Å². The molecule has 9 heteroatoms. The summed E-state index contributed by atoms with van der Waals surface area (Å²) in [6.45, 7) is 4.08. The van der Waals surface area contributed by atoms with Gasteiger partial charge in [0, 0.05) is 25.5 Å². The van der Waals surface area contributed by atoms with Crippen LogP contribution >= 0.6 is 24.0 Å². The molecule has 0 radical (unpaired) electrons. The van der Waals surface area contributed by atoms with E-state index in [-0.39, 0.29) is 18.4 Å². The molecule has 1 heterocycles. The molecule has 1 N–H and O–H groups in total. The minimum atomic E-state index is -0.274. The summed E-state index contributed by atoms with van der Waals surface area (Å²) in [4.78, 5) is 29.6. The van der Waals surface area contributed by atoms with Crippen LogP contribution in [0.4, 0.5) is 17.1 Å². The molecule has 3 aromatic rings. The third kappa shape index (κ3) is 6.54. The maximum absolute atomic E-state index is 13.2. The molecule has 0 bridgehead atoms. The molecule has 0 unspecified atom stereocenters. The Morgan fingerprint density at radius 3 is 2.50 bits per heavy atom. The maximum Gasteiger partial charge on any atom is 0.270 e. The first-order valence-electron chi connectivity index (χ1n) is 12.1. The van der Waals surface area contributed by atoms with Gasteiger partial charge in [-0.3, -0.25) is 14.5 Å². The highest BCUT2D eigenvalue weighted by Crippen LogP contribution is 2.37. The number of amides is 2. The Morgan fingerprint density at radius 2 is 1.82 bits per heavy atom. The fourth-order valence-electron chi connectivity index (χ4n) is 3.81. The molecule has 0 aliphatic carbocycles. The number of carbonyl (C=O) groups excluding carboxylic acids is 2. The first-order chi connectivity index (χ1) is 18.2. The van der Waals surface area contributed by atoms with Crippen molar-refractivity contribution < 1.29 is 19.1 Å². The molecule has 0 spiro atoms. The highest BCUT2D eigenvalue weighted by molar-refractivity contribution is 8.27. The number of aryl methyl sites for hydroxylation is 1. The topological polar surface area (TPSA) is 71.1 Å². The normalized spacial score (nSPS) is 14.1. The van der Waals surface area contributed by atoms with E-state index >= 15 is 0 Å². The van der Waals surface area contributed by atoms with Crippen LogP contribution in [0.15, 0.2) is 71.6 Å². The number of carbonyl (C=O) groups is 2. The van der Waals surface area contributed by atoms with Gasteiger partial charge in [-0.15, -0.1) is 0 Å². The molecule has 1 fully saturated rings. The zero-order chi connectivity index (χ0) is 27.2. The van der Waals surface area contributed by atoms with Crippen molar-refractivity contribution >= 4 is 63.3 Å². The Hall–Kier alpha value is -3.82. The largest absolute Gasteiger partial charge is 0.490 e. The van der Waals surface area contributed by atoms with E-state index in [2.05, 4.69) is 5.32 Å². The third-order valence-electron chi connectivity index (χ3n) is 5.64. The molecule has 0 atom stereocenters. The van der Waals surface area contributed by atoms with Gasteiger partial charge in [-0.05, 0) is 79.6 Å². The van der Waals surface area contributed by atoms with Crippen molar-refractivity contribution in [3.05, 3.63) is 82.8 Å². The first kappa shape index (κ1) is 27.2. The SMILES string of the molecule is CCOc1cc(/C=C2\SC(=S)N(c3ccc(N(C)C)cc3)C2=O)ccc1OCC(=O)Nc1cccc(C)c1. The summed E-state index contributed by atoms with van der Waals surface area (Å²) < 4.78 is 12.0. The first-order valence-corrected chi connectivity index (χ1v) is 13.3. The molecule has 4 rings (SSSR count). The minimum Gasteiger partial charge on any atom is -0.490 e. The van der Waals surface area contributed by atoms with Crippen LogP contribution in [0.25, 0.3) is 6.08 Å². The molecule has 1 saturated heterocycles. The van der Waals surface area contributed by atoms with Crippen molar-refractivity contribution in [1.29, 1.82) is 0 Å². The van der Waals surface area contributed by atoms with E-state index < -0.39 is 0 Å². The van der Waals surface area contributed by atoms with E-state index in [1.165, 1.54) is 11.8 Å². The zero-order valence-corrected chi connectivity index (χ0v) is 23.3. The van der Waals surface area contributed by atoms with E-state index in [0.29, 0.717) is 33.0 Å². The summed E-state index contributed by atoms with van der Waals surface area (Å²) in [5, 5.41) is 2.83. The van der Waals surface area contributed by atoms with Gasteiger partial charge in [0.25, 0.3) is 11.8 Å². The standard InChI is InChI=1S/C29H29N3O4S2/c1-5-35-25-16-20(9-14-24(25)36-18-27(33)30-21-8-6-7-19(2)15-21)17-26-28(34)32(29(37)38-26)23-12-10-22(11-13-23)31(3)4/h6-17H,5,18H2,1-4H3,(H,30,33)/b26-17-. The predicted octanol–water partition coefficient (Wildman–Crippen LogP) is 5.88. The number of thiocarbonyl (C=S) groups is 1. The number of benzene rings is 3. The third-order valence-corrected chi connectivity index (χ3v) is 6.95. The summed E-state index contributed by atoms with van der Waals surface area (Å²) in [7, 11) is 3.93. The van der Waals surface area contributed by atoms with Crippen LogP contribution < -0.4 is 24.6 Å². The Bertz CT molecular complexity index is 1390. The quantitative estimate of drug-likeness (QED) is 0.265. The maximum atomic E-state index is 13.2. The smallest absolute Gasteiger partial charge is 0.270 e. The van der Waals surface area contributed by atoms with Crippen LogP contribution in [0.1, 0.15) is 18.1 Å². The highest BCUT2D eigenvalue weighted by Gasteiger charge is 2.33. The fourth-order valence-corrected chi connectivity index (χ4v) is 5.11. The Balaban J connectivity index is 1.47. The summed E-state index contributed by atoms with van der Waals surface area (Å²) in [5.41, 5.74) is 4.29. The average molecular weight is 548 g/mol. The zero-order valence-electron chi connectivity index (χ0n) is 21.7. The number of nitrogens with one attached hydrogen (secondary N) is 1. The van der Waals surface area contributed by atoms with Crippen molar-refractivity contribution in [1.82, 2.24) is 0 Å². The van der Waals surface area contributed by atoms with Crippen LogP contribution in [0.3, 0.4) is 0 Å². The van der Waals surface area contributed by atoms with Crippen molar-refractivity contribution in [2.24, 2.45) is 0 Å². The molecule has 1 aliphatic rings. The van der Waals surface area contributed by atoms with Crippen LogP contribution in [0.5, 0.6) is 11.5 Å². The van der Waals surface area contributed by atoms with Gasteiger partial charge in [-0.1, -0.05) is 42.2 Å². The number of ether oxygens (including phenoxy) is 2. The number of thioether (sulfide) groups is 1. The monoisotopic (exact) mass is 547 g/mol. The Morgan fingerprint density at radius 1 is 1.05 bits per heavy atom. The van der Waals surface area contributed by atoms with Gasteiger partial charge >= 0.3 is 0 Å². The van der Waals surface area contributed by atoms with Gasteiger partial charge in [0.2, 0.25) is 0 Å². The summed E-state index contributed by atoms with van der Waals surface area (Å²) in [6, 6.07) is 20.6. The molecular formula is C29H29N3O4S2. The second-order valence-electron chi connectivity index (χ2n) is 8.77. The van der Waals surface area contributed by atoms with Crippen LogP contribution in [-0.4, -0.2) is 43.4 Å². The predicted molar refractivity (Wildman–Crippen MR) is 159 cm³/mol. The molecule has 3 aromatic carbocycles. The van der Waals surface area contributed by atoms with Gasteiger partial charge in [-0.25, -0.2) is 0 Å². The van der Waals surface area contributed by atoms with Crippen molar-refractivity contribution in [3.63, 3.8) is 0 Å². The Kier molecular flexibility index (Phi) is 8.70. The van der Waals surface area contributed by atoms with E-state index in [0.717, 1.165) is 22.5 Å². The molecule has 2 amide bonds. The number of hydrogen-bond donors (Lipinski definition) is 1. The van der Waals surface area contributed by atoms with Crippen LogP contribution in [0, 0.1) is 6.92 Å². The van der Waals surface area contributed by atoms with Crippen molar-refractivity contribution in [3.8, 4) is 11.5 Å². The average Bonchev–Trinajstić information content (AvgIpc) is 3.16. The van der Waals surface area contributed by atoms with Crippen molar-refractivity contribution in [2.45, 2.75) is 13.8 Å². The van der Waals surface area contributed by atoms with Gasteiger partial charge in [0.15, 0.2) is 22.4 Å². The number of anilines is 3. The van der Waals surface area contributed by atoms with Gasteiger partial charge in [0.05, 0.1) is 17.2 Å². The van der Waals surface area contributed by atoms with Crippen LogP contribution in [-0.2, 0) is 9.59 Å². The molecular weight excluding hydrogens is 518 g/mol. The second kappa shape index (κ2) is 12.1. The van der Waals surface area contributed by atoms with Gasteiger partial charge < -0.3 is 19.7 Å². The summed E-state index contributed by atoms with van der Waals surface area (Å²) in [5.74, 6) is 0.476. The number of hydrogen-bond acceptors (Lipinski definition) is 7. The lowest BCUT2D eigenvalue weighted by atomic mass is 10.1. The summed E-state index contributed by atoms with van der Waals surface area (Å²) in [6.07, 6.45) is 1.78. The summed E-state index contributed by atoms with van der Waals surface area (Å²) >= 11 is 6.77. The second-order valence-corrected chi connectivity index (χ2v) is 10.4. The molecule has 1 aliphatic heterocycles. The fraction of sp³-hybridized carbons (Fsp3) is 0.207. The van der Waals surface area contributed by atoms with Crippen molar-refractivity contribution in [2.75, 3.05) is 42.4 Å². The van der Waals surface area contributed by atoms with E-state index in [9.17, 15) is 9.59 Å². The van der Waals surface area contributed by atoms with E-state index in [1.54, 1.807) is 23.1 Å². The highest BCUT2D eigenvalue weighted by atomic mass is 32.2. The van der Waals surface area contributed by atoms with Gasteiger partial charge in [0.1, 0.15) is 0 Å².